The van der Waals surface area contributed by atoms with E-state index in [1.807, 2.05) is 0 Å². The molecule has 0 bridgehead atoms. The number of hydrogen-bond donors (Lipinski definition) is 1. The maximum absolute atomic E-state index is 6.10. The summed E-state index contributed by atoms with van der Waals surface area (Å²) in [6, 6.07) is 12.9. The van der Waals surface area contributed by atoms with Crippen LogP contribution >= 0.6 is 0 Å². The zero-order valence-electron chi connectivity index (χ0n) is 18.9. The van der Waals surface area contributed by atoms with Crippen molar-refractivity contribution in [1.82, 2.24) is 10.2 Å². The number of unbranched alkanes of at least 4 members (excludes halogenated alkanes) is 1. The van der Waals surface area contributed by atoms with E-state index in [0.29, 0.717) is 6.61 Å². The molecular weight excluding hydrogens is 376 g/mol. The van der Waals surface area contributed by atoms with Gasteiger partial charge in [0.25, 0.3) is 0 Å². The van der Waals surface area contributed by atoms with Crippen LogP contribution in [0.2, 0.25) is 0 Å². The van der Waals surface area contributed by atoms with Gasteiger partial charge in [-0.3, -0.25) is 0 Å². The van der Waals surface area contributed by atoms with Gasteiger partial charge in [-0.2, -0.15) is 0 Å². The van der Waals surface area contributed by atoms with Crippen molar-refractivity contribution in [3.63, 3.8) is 0 Å². The molecule has 3 rings (SSSR count). The minimum atomic E-state index is 0.147. The number of nitrogens with zero attached hydrogens (tertiary/aromatic N) is 1. The van der Waals surface area contributed by atoms with E-state index in [4.69, 9.17) is 14.2 Å². The van der Waals surface area contributed by atoms with Gasteiger partial charge in [-0.15, -0.1) is 0 Å². The summed E-state index contributed by atoms with van der Waals surface area (Å²) in [5.74, 6) is 2.57. The normalized spacial score (nSPS) is 15.7. The largest absolute Gasteiger partial charge is 0.494 e. The third kappa shape index (κ3) is 5.89. The van der Waals surface area contributed by atoms with Crippen molar-refractivity contribution in [1.29, 1.82) is 0 Å². The topological polar surface area (TPSA) is 43.0 Å². The minimum absolute atomic E-state index is 0.147. The Morgan fingerprint density at radius 3 is 2.47 bits per heavy atom. The molecule has 1 N–H and O–H groups in total. The molecule has 0 saturated carbocycles. The van der Waals surface area contributed by atoms with Crippen LogP contribution in [0.25, 0.3) is 0 Å². The monoisotopic (exact) mass is 412 g/mol. The fraction of sp³-hybridized carbons (Fsp3) is 0.520. The van der Waals surface area contributed by atoms with E-state index in [9.17, 15) is 0 Å². The van der Waals surface area contributed by atoms with E-state index in [2.05, 4.69) is 67.6 Å². The average Bonchev–Trinajstić information content (AvgIpc) is 2.76. The molecule has 5 heteroatoms. The first-order valence-electron chi connectivity index (χ1n) is 11.1. The maximum atomic E-state index is 6.10. The molecule has 0 amide bonds. The minimum Gasteiger partial charge on any atom is -0.494 e. The summed E-state index contributed by atoms with van der Waals surface area (Å²) in [5.41, 5.74) is 3.83. The molecule has 1 atom stereocenters. The second-order valence-electron chi connectivity index (χ2n) is 8.12. The van der Waals surface area contributed by atoms with Crippen molar-refractivity contribution in [3.05, 3.63) is 53.1 Å². The molecule has 0 radical (unpaired) electrons. The first-order valence-corrected chi connectivity index (χ1v) is 11.1. The second kappa shape index (κ2) is 11.2. The molecule has 0 aliphatic carbocycles. The molecule has 0 aromatic heterocycles. The fourth-order valence-corrected chi connectivity index (χ4v) is 3.79. The van der Waals surface area contributed by atoms with Gasteiger partial charge in [0.1, 0.15) is 5.75 Å². The highest BCUT2D eigenvalue weighted by atomic mass is 16.5. The summed E-state index contributed by atoms with van der Waals surface area (Å²) < 4.78 is 17.5. The first-order chi connectivity index (χ1) is 14.6. The molecule has 2 aromatic carbocycles. The van der Waals surface area contributed by atoms with Crippen LogP contribution in [0.4, 0.5) is 0 Å². The van der Waals surface area contributed by atoms with Gasteiger partial charge < -0.3 is 24.4 Å². The molecule has 2 aromatic rings. The molecule has 164 valence electrons. The van der Waals surface area contributed by atoms with Gasteiger partial charge in [0.05, 0.1) is 26.4 Å². The molecule has 1 heterocycles. The molecule has 1 aliphatic heterocycles. The Hall–Kier alpha value is -2.24. The summed E-state index contributed by atoms with van der Waals surface area (Å²) >= 11 is 0. The number of rotatable bonds is 11. The van der Waals surface area contributed by atoms with Crippen molar-refractivity contribution in [2.24, 2.45) is 0 Å². The summed E-state index contributed by atoms with van der Waals surface area (Å²) in [5, 5.41) is 3.67. The summed E-state index contributed by atoms with van der Waals surface area (Å²) in [7, 11) is 5.87. The highest BCUT2D eigenvalue weighted by Gasteiger charge is 2.24. The molecule has 0 spiro atoms. The van der Waals surface area contributed by atoms with E-state index in [1.54, 1.807) is 7.11 Å². The van der Waals surface area contributed by atoms with Crippen molar-refractivity contribution in [2.75, 3.05) is 47.5 Å². The van der Waals surface area contributed by atoms with Crippen LogP contribution in [-0.2, 0) is 6.42 Å². The molecule has 0 saturated heterocycles. The predicted octanol–water partition coefficient (Wildman–Crippen LogP) is 4.44. The van der Waals surface area contributed by atoms with Crippen LogP contribution in [0.5, 0.6) is 17.2 Å². The molecular formula is C25H36N2O3. The Bertz CT molecular complexity index is 790. The third-order valence-electron chi connectivity index (χ3n) is 5.47. The molecule has 1 aliphatic rings. The number of ether oxygens (including phenoxy) is 3. The SMILES string of the molecule is CCCCOc1ccc(C2NCCc3cc(OC)c(OCCCN(C)C)cc32)cc1. The van der Waals surface area contributed by atoms with Crippen LogP contribution in [0.3, 0.4) is 0 Å². The highest BCUT2D eigenvalue weighted by Crippen LogP contribution is 2.38. The average molecular weight is 413 g/mol. The van der Waals surface area contributed by atoms with Crippen LogP contribution in [0.1, 0.15) is 48.9 Å². The van der Waals surface area contributed by atoms with E-state index in [-0.39, 0.29) is 6.04 Å². The molecule has 1 unspecified atom stereocenters. The van der Waals surface area contributed by atoms with Crippen molar-refractivity contribution in [3.8, 4) is 17.2 Å². The van der Waals surface area contributed by atoms with Crippen LogP contribution < -0.4 is 19.5 Å². The first kappa shape index (κ1) is 22.4. The van der Waals surface area contributed by atoms with Gasteiger partial charge in [0, 0.05) is 13.1 Å². The van der Waals surface area contributed by atoms with Crippen LogP contribution in [0.15, 0.2) is 36.4 Å². The zero-order chi connectivity index (χ0) is 21.3. The van der Waals surface area contributed by atoms with Crippen LogP contribution in [0, 0.1) is 0 Å². The summed E-state index contributed by atoms with van der Waals surface area (Å²) in [6.07, 6.45) is 4.19. The number of nitrogens with one attached hydrogen (secondary N) is 1. The Kier molecular flexibility index (Phi) is 8.40. The van der Waals surface area contributed by atoms with Crippen molar-refractivity contribution < 1.29 is 14.2 Å². The van der Waals surface area contributed by atoms with E-state index in [1.165, 1.54) is 16.7 Å². The lowest BCUT2D eigenvalue weighted by atomic mass is 9.89. The number of fused-ring (bicyclic) bond motifs is 1. The van der Waals surface area contributed by atoms with Crippen molar-refractivity contribution >= 4 is 0 Å². The molecule has 5 nitrogen and oxygen atoms in total. The number of methoxy groups -OCH3 is 1. The van der Waals surface area contributed by atoms with Gasteiger partial charge >= 0.3 is 0 Å². The lowest BCUT2D eigenvalue weighted by molar-refractivity contribution is 0.267. The molecule has 30 heavy (non-hydrogen) atoms. The van der Waals surface area contributed by atoms with Crippen molar-refractivity contribution in [2.45, 2.75) is 38.6 Å². The fourth-order valence-electron chi connectivity index (χ4n) is 3.79. The van der Waals surface area contributed by atoms with E-state index >= 15 is 0 Å². The summed E-state index contributed by atoms with van der Waals surface area (Å²) in [4.78, 5) is 2.17. The second-order valence-corrected chi connectivity index (χ2v) is 8.12. The Morgan fingerprint density at radius 2 is 1.77 bits per heavy atom. The number of benzene rings is 2. The highest BCUT2D eigenvalue weighted by molar-refractivity contribution is 5.52. The number of hydrogen-bond acceptors (Lipinski definition) is 5. The summed E-state index contributed by atoms with van der Waals surface area (Å²) in [6.45, 7) is 5.57. The molecule has 0 fully saturated rings. The third-order valence-corrected chi connectivity index (χ3v) is 5.47. The van der Waals surface area contributed by atoms with E-state index < -0.39 is 0 Å². The van der Waals surface area contributed by atoms with E-state index in [0.717, 1.165) is 62.6 Å². The van der Waals surface area contributed by atoms with Gasteiger partial charge in [-0.25, -0.2) is 0 Å². The van der Waals surface area contributed by atoms with Gasteiger partial charge in [-0.05, 0) is 74.3 Å². The lowest BCUT2D eigenvalue weighted by Gasteiger charge is -2.29. The quantitative estimate of drug-likeness (QED) is 0.553. The Labute approximate surface area is 181 Å². The standard InChI is InChI=1S/C25H36N2O3/c1-5-6-15-29-21-10-8-19(9-11-21)25-22-18-24(30-16-7-14-27(2)3)23(28-4)17-20(22)12-13-26-25/h8-11,17-18,25-26H,5-7,12-16H2,1-4H3. The predicted molar refractivity (Wildman–Crippen MR) is 122 cm³/mol. The lowest BCUT2D eigenvalue weighted by Crippen LogP contribution is -2.30. The maximum Gasteiger partial charge on any atom is 0.161 e. The van der Waals surface area contributed by atoms with Gasteiger partial charge in [-0.1, -0.05) is 25.5 Å². The smallest absolute Gasteiger partial charge is 0.161 e. The van der Waals surface area contributed by atoms with Gasteiger partial charge in [0.15, 0.2) is 11.5 Å². The zero-order valence-corrected chi connectivity index (χ0v) is 18.9. The van der Waals surface area contributed by atoms with Gasteiger partial charge in [0.2, 0.25) is 0 Å². The Morgan fingerprint density at radius 1 is 1.00 bits per heavy atom. The van der Waals surface area contributed by atoms with Crippen LogP contribution in [-0.4, -0.2) is 52.4 Å². The Balaban J connectivity index is 1.77.